The average molecular weight is 397 g/mol. The van der Waals surface area contributed by atoms with E-state index in [1.165, 1.54) is 6.33 Å². The first kappa shape index (κ1) is 18.9. The van der Waals surface area contributed by atoms with Crippen LogP contribution in [0.25, 0.3) is 11.2 Å². The number of halogens is 3. The van der Waals surface area contributed by atoms with Gasteiger partial charge >= 0.3 is 6.18 Å². The number of ether oxygens (including phenoxy) is 1. The topological polar surface area (TPSA) is 105 Å². The first-order valence-corrected chi connectivity index (χ1v) is 8.85. The molecule has 2 aliphatic rings. The van der Waals surface area contributed by atoms with Crippen LogP contribution in [0.1, 0.15) is 37.7 Å². The summed E-state index contributed by atoms with van der Waals surface area (Å²) in [4.78, 5) is 11.4. The Balaban J connectivity index is 1.80. The van der Waals surface area contributed by atoms with Gasteiger partial charge < -0.3 is 20.3 Å². The molecule has 0 aromatic carbocycles. The number of rotatable bonds is 3. The number of imidazole rings is 1. The maximum Gasteiger partial charge on any atom is 0.451 e. The standard InChI is InChI=1S/C17H18F3N5O3/c1-2-9-11(26)12(27)15(28-9)25-7-21-10-13(22-8-5-3-4-6-8)23-16(17(18,19)20)24-14(10)25/h1,7-9,11-12,15,26-27H,3-6H2,(H,22,23,24)/t9-,11-,12-,15-/m1/s1. The number of hydrogen-bond acceptors (Lipinski definition) is 7. The lowest BCUT2D eigenvalue weighted by atomic mass is 10.1. The van der Waals surface area contributed by atoms with Crippen LogP contribution in [0.2, 0.25) is 0 Å². The minimum atomic E-state index is -4.77. The number of nitrogens with one attached hydrogen (secondary N) is 1. The van der Waals surface area contributed by atoms with Crippen LogP contribution >= 0.6 is 0 Å². The third-order valence-electron chi connectivity index (χ3n) is 5.05. The first-order valence-electron chi connectivity index (χ1n) is 8.85. The van der Waals surface area contributed by atoms with Gasteiger partial charge in [-0.25, -0.2) is 15.0 Å². The van der Waals surface area contributed by atoms with Crippen molar-refractivity contribution in [1.82, 2.24) is 19.5 Å². The highest BCUT2D eigenvalue weighted by molar-refractivity contribution is 5.83. The number of aromatic nitrogens is 4. The lowest BCUT2D eigenvalue weighted by Gasteiger charge is -2.18. The van der Waals surface area contributed by atoms with Crippen LogP contribution in [0, 0.1) is 12.3 Å². The molecule has 8 nitrogen and oxygen atoms in total. The average Bonchev–Trinajstić information content (AvgIpc) is 3.35. The van der Waals surface area contributed by atoms with E-state index in [9.17, 15) is 23.4 Å². The number of alkyl halides is 3. The van der Waals surface area contributed by atoms with E-state index in [0.29, 0.717) is 0 Å². The summed E-state index contributed by atoms with van der Waals surface area (Å²) < 4.78 is 46.6. The van der Waals surface area contributed by atoms with Crippen molar-refractivity contribution >= 4 is 17.0 Å². The molecule has 0 unspecified atom stereocenters. The number of terminal acetylenes is 1. The van der Waals surface area contributed by atoms with E-state index in [4.69, 9.17) is 11.2 Å². The lowest BCUT2D eigenvalue weighted by molar-refractivity contribution is -0.144. The van der Waals surface area contributed by atoms with Crippen molar-refractivity contribution in [2.75, 3.05) is 5.32 Å². The largest absolute Gasteiger partial charge is 0.451 e. The van der Waals surface area contributed by atoms with E-state index >= 15 is 0 Å². The Bertz CT molecular complexity index is 919. The summed E-state index contributed by atoms with van der Waals surface area (Å²) in [6.45, 7) is 0. The summed E-state index contributed by atoms with van der Waals surface area (Å²) in [7, 11) is 0. The van der Waals surface area contributed by atoms with Gasteiger partial charge in [0.25, 0.3) is 0 Å². The zero-order chi connectivity index (χ0) is 20.1. The highest BCUT2D eigenvalue weighted by Crippen LogP contribution is 2.35. The number of aliphatic hydroxyl groups excluding tert-OH is 2. The molecule has 11 heteroatoms. The third kappa shape index (κ3) is 3.17. The van der Waals surface area contributed by atoms with E-state index in [1.807, 2.05) is 0 Å². The summed E-state index contributed by atoms with van der Waals surface area (Å²) in [6.07, 6.45) is 0.147. The van der Waals surface area contributed by atoms with Crippen molar-refractivity contribution in [2.24, 2.45) is 0 Å². The predicted octanol–water partition coefficient (Wildman–Crippen LogP) is 1.45. The molecule has 1 saturated carbocycles. The Morgan fingerprint density at radius 3 is 2.54 bits per heavy atom. The molecule has 1 aliphatic carbocycles. The molecule has 2 aromatic heterocycles. The second-order valence-electron chi connectivity index (χ2n) is 6.94. The molecule has 2 aromatic rings. The third-order valence-corrected chi connectivity index (χ3v) is 5.05. The van der Waals surface area contributed by atoms with Gasteiger partial charge in [0, 0.05) is 6.04 Å². The smallest absolute Gasteiger partial charge is 0.386 e. The van der Waals surface area contributed by atoms with Crippen LogP contribution in [-0.2, 0) is 10.9 Å². The number of aliphatic hydroxyl groups is 2. The van der Waals surface area contributed by atoms with Crippen molar-refractivity contribution < 1.29 is 28.1 Å². The zero-order valence-corrected chi connectivity index (χ0v) is 14.6. The lowest BCUT2D eigenvalue weighted by Crippen LogP contribution is -2.31. The predicted molar refractivity (Wildman–Crippen MR) is 91.0 cm³/mol. The molecule has 2 fully saturated rings. The molecule has 0 amide bonds. The summed E-state index contributed by atoms with van der Waals surface area (Å²) in [5.41, 5.74) is -0.0499. The van der Waals surface area contributed by atoms with E-state index < -0.39 is 36.5 Å². The van der Waals surface area contributed by atoms with Crippen LogP contribution in [0.15, 0.2) is 6.33 Å². The highest BCUT2D eigenvalue weighted by Gasteiger charge is 2.44. The van der Waals surface area contributed by atoms with E-state index in [1.54, 1.807) is 0 Å². The molecular weight excluding hydrogens is 379 g/mol. The Morgan fingerprint density at radius 2 is 1.93 bits per heavy atom. The number of nitrogens with zero attached hydrogens (tertiary/aromatic N) is 4. The fourth-order valence-electron chi connectivity index (χ4n) is 3.62. The molecule has 1 aliphatic heterocycles. The fourth-order valence-corrected chi connectivity index (χ4v) is 3.62. The molecule has 150 valence electrons. The fraction of sp³-hybridized carbons (Fsp3) is 0.588. The molecule has 4 rings (SSSR count). The molecule has 0 radical (unpaired) electrons. The molecule has 0 bridgehead atoms. The van der Waals surface area contributed by atoms with Crippen molar-refractivity contribution in [3.05, 3.63) is 12.2 Å². The Labute approximate surface area is 157 Å². The van der Waals surface area contributed by atoms with Gasteiger partial charge in [-0.3, -0.25) is 4.57 Å². The van der Waals surface area contributed by atoms with Gasteiger partial charge in [0.1, 0.15) is 18.3 Å². The van der Waals surface area contributed by atoms with Gasteiger partial charge in [-0.1, -0.05) is 18.8 Å². The second-order valence-corrected chi connectivity index (χ2v) is 6.94. The van der Waals surface area contributed by atoms with Crippen molar-refractivity contribution in [3.63, 3.8) is 0 Å². The second kappa shape index (κ2) is 6.88. The maximum absolute atomic E-state index is 13.4. The SMILES string of the molecule is C#C[C@H]1O[C@@H](n2cnc3c(NC4CCCC4)nc(C(F)(F)F)nc32)[C@H](O)[C@@H]1O. The monoisotopic (exact) mass is 397 g/mol. The summed E-state index contributed by atoms with van der Waals surface area (Å²) >= 11 is 0. The Kier molecular flexibility index (Phi) is 4.65. The van der Waals surface area contributed by atoms with E-state index in [2.05, 4.69) is 26.2 Å². The van der Waals surface area contributed by atoms with Crippen molar-refractivity contribution in [3.8, 4) is 12.3 Å². The van der Waals surface area contributed by atoms with Gasteiger partial charge in [-0.05, 0) is 12.8 Å². The van der Waals surface area contributed by atoms with Gasteiger partial charge in [0.05, 0.1) is 6.33 Å². The van der Waals surface area contributed by atoms with Crippen LogP contribution in [0.4, 0.5) is 19.0 Å². The molecule has 3 N–H and O–H groups in total. The van der Waals surface area contributed by atoms with Crippen LogP contribution in [0.3, 0.4) is 0 Å². The van der Waals surface area contributed by atoms with Gasteiger partial charge in [0.2, 0.25) is 5.82 Å². The quantitative estimate of drug-likeness (QED) is 0.674. The molecule has 28 heavy (non-hydrogen) atoms. The molecule has 3 heterocycles. The van der Waals surface area contributed by atoms with Gasteiger partial charge in [-0.15, -0.1) is 6.42 Å². The molecular formula is C17H18F3N5O3. The van der Waals surface area contributed by atoms with Crippen LogP contribution < -0.4 is 5.32 Å². The minimum absolute atomic E-state index is 0.00490. The summed E-state index contributed by atoms with van der Waals surface area (Å²) in [5, 5.41) is 23.2. The Morgan fingerprint density at radius 1 is 1.21 bits per heavy atom. The zero-order valence-electron chi connectivity index (χ0n) is 14.6. The number of anilines is 1. The van der Waals surface area contributed by atoms with Crippen molar-refractivity contribution in [1.29, 1.82) is 0 Å². The van der Waals surface area contributed by atoms with E-state index in [-0.39, 0.29) is 23.0 Å². The summed E-state index contributed by atoms with van der Waals surface area (Å²) in [6, 6.07) is 0.00490. The van der Waals surface area contributed by atoms with Gasteiger partial charge in [-0.2, -0.15) is 13.2 Å². The minimum Gasteiger partial charge on any atom is -0.386 e. The number of fused-ring (bicyclic) bond motifs is 1. The summed E-state index contributed by atoms with van der Waals surface area (Å²) in [5.74, 6) is 0.835. The first-order chi connectivity index (χ1) is 13.3. The van der Waals surface area contributed by atoms with Crippen LogP contribution in [0.5, 0.6) is 0 Å². The Hall–Kier alpha value is -2.42. The number of hydrogen-bond donors (Lipinski definition) is 3. The van der Waals surface area contributed by atoms with Crippen LogP contribution in [-0.4, -0.2) is 54.1 Å². The molecule has 4 atom stereocenters. The normalized spacial score (nSPS) is 28.7. The molecule has 0 spiro atoms. The maximum atomic E-state index is 13.4. The highest BCUT2D eigenvalue weighted by atomic mass is 19.4. The van der Waals surface area contributed by atoms with Gasteiger partial charge in [0.15, 0.2) is 23.2 Å². The van der Waals surface area contributed by atoms with E-state index in [0.717, 1.165) is 30.3 Å². The van der Waals surface area contributed by atoms with Crippen molar-refractivity contribution in [2.45, 2.75) is 62.4 Å². The molecule has 1 saturated heterocycles.